The summed E-state index contributed by atoms with van der Waals surface area (Å²) in [6.45, 7) is 7.55. The molecule has 0 N–H and O–H groups in total. The molecule has 148 valence electrons. The molecular formula is C26H27O2P. The van der Waals surface area contributed by atoms with E-state index >= 15 is 0 Å². The Morgan fingerprint density at radius 1 is 0.862 bits per heavy atom. The Hall–Kier alpha value is -2.25. The molecule has 0 saturated heterocycles. The van der Waals surface area contributed by atoms with E-state index in [2.05, 4.69) is 98.4 Å². The molecule has 4 rings (SSSR count). The van der Waals surface area contributed by atoms with E-state index in [9.17, 15) is 0 Å². The lowest BCUT2D eigenvalue weighted by molar-refractivity contribution is -0.0370. The molecule has 0 bridgehead atoms. The number of hydrogen-bond acceptors (Lipinski definition) is 2. The Labute approximate surface area is 174 Å². The van der Waals surface area contributed by atoms with Crippen molar-refractivity contribution in [3.63, 3.8) is 0 Å². The highest BCUT2D eigenvalue weighted by atomic mass is 31.1. The van der Waals surface area contributed by atoms with Crippen molar-refractivity contribution in [2.45, 2.75) is 18.0 Å². The van der Waals surface area contributed by atoms with Crippen LogP contribution in [0.1, 0.15) is 11.1 Å². The van der Waals surface area contributed by atoms with Crippen LogP contribution in [0.25, 0.3) is 0 Å². The highest BCUT2D eigenvalue weighted by molar-refractivity contribution is 7.74. The third kappa shape index (κ3) is 3.81. The lowest BCUT2D eigenvalue weighted by Gasteiger charge is -2.24. The van der Waals surface area contributed by atoms with Crippen LogP contribution in [0, 0.1) is 6.92 Å². The van der Waals surface area contributed by atoms with Crippen molar-refractivity contribution in [3.8, 4) is 0 Å². The third-order valence-corrected chi connectivity index (χ3v) is 8.69. The lowest BCUT2D eigenvalue weighted by atomic mass is 9.95. The summed E-state index contributed by atoms with van der Waals surface area (Å²) in [5.74, 6) is 0. The Morgan fingerprint density at radius 3 is 1.93 bits per heavy atom. The van der Waals surface area contributed by atoms with Crippen LogP contribution in [0.4, 0.5) is 0 Å². The first-order valence-electron chi connectivity index (χ1n) is 9.91. The average Bonchev–Trinajstić information content (AvgIpc) is 3.34. The molecule has 0 aliphatic heterocycles. The van der Waals surface area contributed by atoms with Crippen molar-refractivity contribution in [1.29, 1.82) is 0 Å². The van der Waals surface area contributed by atoms with Gasteiger partial charge in [-0.1, -0.05) is 103 Å². The van der Waals surface area contributed by atoms with E-state index in [1.54, 1.807) is 7.11 Å². The second-order valence-corrected chi connectivity index (χ2v) is 9.85. The van der Waals surface area contributed by atoms with Crippen LogP contribution in [0.2, 0.25) is 0 Å². The van der Waals surface area contributed by atoms with Crippen LogP contribution < -0.4 is 10.6 Å². The quantitative estimate of drug-likeness (QED) is 0.230. The highest BCUT2D eigenvalue weighted by Crippen LogP contribution is 2.67. The highest BCUT2D eigenvalue weighted by Gasteiger charge is 2.63. The summed E-state index contributed by atoms with van der Waals surface area (Å²) in [4.78, 5) is 0. The number of benzene rings is 3. The summed E-state index contributed by atoms with van der Waals surface area (Å²) < 4.78 is 11.1. The van der Waals surface area contributed by atoms with Crippen molar-refractivity contribution < 1.29 is 9.47 Å². The first kappa shape index (κ1) is 20.0. The van der Waals surface area contributed by atoms with Gasteiger partial charge in [0.15, 0.2) is 0 Å². The molecule has 0 radical (unpaired) electrons. The van der Waals surface area contributed by atoms with Crippen molar-refractivity contribution >= 4 is 18.5 Å². The standard InChI is InChI=1S/C26H27O2P/c1-20-14-16-22(17-15-20)26(18-28-19-27-3)21(2)25(26)29(23-10-6-4-7-11-23)24-12-8-5-9-13-24/h4-17,25H,2,18-19H2,1,3H3/t25-,26-/m1/s1. The van der Waals surface area contributed by atoms with Crippen molar-refractivity contribution in [2.24, 2.45) is 0 Å². The zero-order chi connectivity index (χ0) is 20.3. The summed E-state index contributed by atoms with van der Waals surface area (Å²) in [6, 6.07) is 30.5. The fourth-order valence-corrected chi connectivity index (χ4v) is 7.34. The van der Waals surface area contributed by atoms with Gasteiger partial charge >= 0.3 is 0 Å². The maximum atomic E-state index is 5.94. The fourth-order valence-electron chi connectivity index (χ4n) is 4.16. The number of ether oxygens (including phenoxy) is 2. The second kappa shape index (κ2) is 8.63. The smallest absolute Gasteiger partial charge is 0.146 e. The normalized spacial score (nSPS) is 20.8. The zero-order valence-electron chi connectivity index (χ0n) is 17.0. The van der Waals surface area contributed by atoms with Crippen LogP contribution in [-0.2, 0) is 14.9 Å². The molecule has 1 saturated carbocycles. The van der Waals surface area contributed by atoms with Gasteiger partial charge in [-0.3, -0.25) is 0 Å². The molecule has 0 unspecified atom stereocenters. The Kier molecular flexibility index (Phi) is 5.96. The van der Waals surface area contributed by atoms with Gasteiger partial charge in [-0.05, 0) is 31.0 Å². The predicted molar refractivity (Wildman–Crippen MR) is 123 cm³/mol. The summed E-state index contributed by atoms with van der Waals surface area (Å²) >= 11 is 0. The Bertz CT molecular complexity index is 914. The monoisotopic (exact) mass is 402 g/mol. The van der Waals surface area contributed by atoms with Gasteiger partial charge in [-0.15, -0.1) is 0 Å². The molecule has 0 aromatic heterocycles. The number of methoxy groups -OCH3 is 1. The molecule has 29 heavy (non-hydrogen) atoms. The Balaban J connectivity index is 1.79. The van der Waals surface area contributed by atoms with E-state index in [1.807, 2.05) is 0 Å². The summed E-state index contributed by atoms with van der Waals surface area (Å²) in [5.41, 5.74) is 3.97. The van der Waals surface area contributed by atoms with E-state index < -0.39 is 7.92 Å². The predicted octanol–water partition coefficient (Wildman–Crippen LogP) is 4.92. The van der Waals surface area contributed by atoms with Crippen molar-refractivity contribution in [2.75, 3.05) is 20.5 Å². The fraction of sp³-hybridized carbons (Fsp3) is 0.231. The minimum absolute atomic E-state index is 0.177. The van der Waals surface area contributed by atoms with E-state index in [1.165, 1.54) is 27.3 Å². The molecule has 0 amide bonds. The summed E-state index contributed by atoms with van der Waals surface area (Å²) in [7, 11) is 1.07. The first-order chi connectivity index (χ1) is 14.2. The molecular weight excluding hydrogens is 375 g/mol. The molecule has 2 atom stereocenters. The van der Waals surface area contributed by atoms with Gasteiger partial charge in [-0.25, -0.2) is 0 Å². The molecule has 3 heteroatoms. The maximum Gasteiger partial charge on any atom is 0.146 e. The van der Waals surface area contributed by atoms with Gasteiger partial charge in [0.1, 0.15) is 6.79 Å². The molecule has 3 aromatic rings. The molecule has 0 spiro atoms. The van der Waals surface area contributed by atoms with E-state index in [4.69, 9.17) is 9.47 Å². The molecule has 1 fully saturated rings. The van der Waals surface area contributed by atoms with Crippen LogP contribution in [0.15, 0.2) is 97.1 Å². The Morgan fingerprint density at radius 2 is 1.41 bits per heavy atom. The summed E-state index contributed by atoms with van der Waals surface area (Å²) in [5, 5.41) is 2.75. The largest absolute Gasteiger partial charge is 0.359 e. The lowest BCUT2D eigenvalue weighted by Crippen LogP contribution is -2.25. The van der Waals surface area contributed by atoms with Crippen LogP contribution in [-0.4, -0.2) is 26.2 Å². The minimum Gasteiger partial charge on any atom is -0.359 e. The third-order valence-electron chi connectivity index (χ3n) is 5.71. The maximum absolute atomic E-state index is 5.94. The first-order valence-corrected chi connectivity index (χ1v) is 11.3. The van der Waals surface area contributed by atoms with E-state index in [-0.39, 0.29) is 5.41 Å². The zero-order valence-corrected chi connectivity index (χ0v) is 17.9. The molecule has 0 heterocycles. The van der Waals surface area contributed by atoms with Crippen LogP contribution in [0.5, 0.6) is 0 Å². The van der Waals surface area contributed by atoms with Gasteiger partial charge in [0.25, 0.3) is 0 Å². The molecule has 1 aliphatic rings. The van der Waals surface area contributed by atoms with E-state index in [0.717, 1.165) is 0 Å². The van der Waals surface area contributed by atoms with Gasteiger partial charge in [0.05, 0.1) is 12.0 Å². The molecule has 3 aromatic carbocycles. The van der Waals surface area contributed by atoms with Crippen LogP contribution >= 0.6 is 7.92 Å². The second-order valence-electron chi connectivity index (χ2n) is 7.56. The average molecular weight is 402 g/mol. The number of rotatable bonds is 8. The SMILES string of the molecule is C=C1[C@@H](P(c2ccccc2)c2ccccc2)[C@@]1(COCOC)c1ccc(C)cc1. The van der Waals surface area contributed by atoms with Gasteiger partial charge in [0.2, 0.25) is 0 Å². The molecule has 2 nitrogen and oxygen atoms in total. The number of hydrogen-bond donors (Lipinski definition) is 0. The van der Waals surface area contributed by atoms with Crippen molar-refractivity contribution in [1.82, 2.24) is 0 Å². The van der Waals surface area contributed by atoms with Crippen LogP contribution in [0.3, 0.4) is 0 Å². The van der Waals surface area contributed by atoms with Gasteiger partial charge in [0, 0.05) is 12.8 Å². The molecule has 1 aliphatic carbocycles. The van der Waals surface area contributed by atoms with Crippen molar-refractivity contribution in [3.05, 3.63) is 108 Å². The van der Waals surface area contributed by atoms with Gasteiger partial charge in [-0.2, -0.15) is 0 Å². The summed E-state index contributed by atoms with van der Waals surface area (Å²) in [6.07, 6.45) is 0. The number of aryl methyl sites for hydroxylation is 1. The van der Waals surface area contributed by atoms with Gasteiger partial charge < -0.3 is 9.47 Å². The topological polar surface area (TPSA) is 18.5 Å². The van der Waals surface area contributed by atoms with E-state index in [0.29, 0.717) is 19.1 Å². The minimum atomic E-state index is -0.598.